The lowest BCUT2D eigenvalue weighted by Gasteiger charge is -2.17. The lowest BCUT2D eigenvalue weighted by Crippen LogP contribution is -2.24. The van der Waals surface area contributed by atoms with Crippen molar-refractivity contribution in [2.75, 3.05) is 13.6 Å². The topological polar surface area (TPSA) is 27.0 Å². The van der Waals surface area contributed by atoms with Crippen molar-refractivity contribution < 1.29 is 17.6 Å². The van der Waals surface area contributed by atoms with Crippen molar-refractivity contribution in [1.29, 1.82) is 5.26 Å². The second-order valence-electron chi connectivity index (χ2n) is 4.06. The number of hydrogen-bond donors (Lipinski definition) is 0. The highest BCUT2D eigenvalue weighted by atomic mass is 19.4. The fraction of sp³-hybridized carbons (Fsp3) is 0.417. The van der Waals surface area contributed by atoms with Gasteiger partial charge < -0.3 is 4.90 Å². The highest BCUT2D eigenvalue weighted by Gasteiger charge is 2.27. The molecule has 0 N–H and O–H groups in total. The van der Waals surface area contributed by atoms with Crippen LogP contribution in [0.4, 0.5) is 17.6 Å². The molecule has 0 fully saturated rings. The summed E-state index contributed by atoms with van der Waals surface area (Å²) in [6.45, 7) is 0.00439. The number of halogens is 4. The van der Waals surface area contributed by atoms with Gasteiger partial charge >= 0.3 is 6.18 Å². The predicted molar refractivity (Wildman–Crippen MR) is 58.1 cm³/mol. The molecule has 2 nitrogen and oxygen atoms in total. The average Bonchev–Trinajstić information content (AvgIpc) is 2.24. The first-order valence-corrected chi connectivity index (χ1v) is 5.25. The first-order valence-electron chi connectivity index (χ1n) is 5.25. The number of benzene rings is 1. The van der Waals surface area contributed by atoms with Crippen LogP contribution in [0.2, 0.25) is 0 Å². The molecule has 18 heavy (non-hydrogen) atoms. The lowest BCUT2D eigenvalue weighted by molar-refractivity contribution is -0.137. The van der Waals surface area contributed by atoms with E-state index in [2.05, 4.69) is 0 Å². The highest BCUT2D eigenvalue weighted by Crippen LogP contribution is 2.20. The molecule has 0 aliphatic carbocycles. The monoisotopic (exact) mass is 260 g/mol. The van der Waals surface area contributed by atoms with Crippen molar-refractivity contribution in [2.45, 2.75) is 19.1 Å². The minimum atomic E-state index is -4.20. The molecular formula is C12H12F4N2. The SMILES string of the molecule is CN(CCC(F)(F)F)Cc1cc(F)cc(C#N)c1. The third-order valence-electron chi connectivity index (χ3n) is 2.32. The van der Waals surface area contributed by atoms with Crippen LogP contribution in [0.3, 0.4) is 0 Å². The fourth-order valence-corrected chi connectivity index (χ4v) is 1.51. The number of nitriles is 1. The van der Waals surface area contributed by atoms with Crippen molar-refractivity contribution >= 4 is 0 Å². The van der Waals surface area contributed by atoms with Gasteiger partial charge in [-0.2, -0.15) is 18.4 Å². The quantitative estimate of drug-likeness (QED) is 0.778. The van der Waals surface area contributed by atoms with Gasteiger partial charge in [0.2, 0.25) is 0 Å². The molecule has 0 saturated heterocycles. The third kappa shape index (κ3) is 5.15. The van der Waals surface area contributed by atoms with Crippen LogP contribution in [-0.4, -0.2) is 24.7 Å². The lowest BCUT2D eigenvalue weighted by atomic mass is 10.1. The summed E-state index contributed by atoms with van der Waals surface area (Å²) in [7, 11) is 1.52. The van der Waals surface area contributed by atoms with Crippen LogP contribution in [0.1, 0.15) is 17.5 Å². The predicted octanol–water partition coefficient (Wildman–Crippen LogP) is 3.08. The van der Waals surface area contributed by atoms with Gasteiger partial charge in [0.05, 0.1) is 18.1 Å². The van der Waals surface area contributed by atoms with E-state index in [9.17, 15) is 17.6 Å². The van der Waals surface area contributed by atoms with Gasteiger partial charge in [0.25, 0.3) is 0 Å². The summed E-state index contributed by atoms with van der Waals surface area (Å²) in [6, 6.07) is 5.56. The van der Waals surface area contributed by atoms with Gasteiger partial charge in [-0.25, -0.2) is 4.39 Å². The van der Waals surface area contributed by atoms with Crippen LogP contribution < -0.4 is 0 Å². The minimum Gasteiger partial charge on any atom is -0.302 e. The van der Waals surface area contributed by atoms with E-state index in [0.717, 1.165) is 6.07 Å². The molecule has 0 radical (unpaired) electrons. The molecule has 0 saturated carbocycles. The second kappa shape index (κ2) is 5.83. The second-order valence-corrected chi connectivity index (χ2v) is 4.06. The van der Waals surface area contributed by atoms with Crippen LogP contribution in [0.15, 0.2) is 18.2 Å². The smallest absolute Gasteiger partial charge is 0.302 e. The van der Waals surface area contributed by atoms with Gasteiger partial charge in [-0.05, 0) is 30.8 Å². The molecule has 1 rings (SSSR count). The van der Waals surface area contributed by atoms with Crippen LogP contribution in [0.25, 0.3) is 0 Å². The van der Waals surface area contributed by atoms with E-state index >= 15 is 0 Å². The molecule has 0 heterocycles. The normalized spacial score (nSPS) is 11.6. The zero-order valence-electron chi connectivity index (χ0n) is 9.76. The Morgan fingerprint density at radius 3 is 2.50 bits per heavy atom. The van der Waals surface area contributed by atoms with E-state index in [0.29, 0.717) is 5.56 Å². The molecule has 6 heteroatoms. The summed E-state index contributed by atoms with van der Waals surface area (Å²) in [4.78, 5) is 1.43. The van der Waals surface area contributed by atoms with E-state index < -0.39 is 18.4 Å². The maximum atomic E-state index is 13.1. The van der Waals surface area contributed by atoms with Gasteiger partial charge in [-0.1, -0.05) is 0 Å². The van der Waals surface area contributed by atoms with Gasteiger partial charge in [-0.15, -0.1) is 0 Å². The minimum absolute atomic E-state index is 0.161. The Hall–Kier alpha value is -1.61. The Kier molecular flexibility index (Phi) is 4.68. The number of alkyl halides is 3. The Balaban J connectivity index is 2.62. The summed E-state index contributed by atoms with van der Waals surface area (Å²) in [5.41, 5.74) is 0.644. The molecule has 0 aromatic heterocycles. The molecular weight excluding hydrogens is 248 g/mol. The van der Waals surface area contributed by atoms with Crippen molar-refractivity contribution in [3.8, 4) is 6.07 Å². The molecule has 0 bridgehead atoms. The van der Waals surface area contributed by atoms with E-state index in [1.807, 2.05) is 0 Å². The summed E-state index contributed by atoms with van der Waals surface area (Å²) >= 11 is 0. The standard InChI is InChI=1S/C12H12F4N2/c1-18(3-2-12(14,15)16)8-10-4-9(7-17)5-11(13)6-10/h4-6H,2-3,8H2,1H3. The zero-order chi connectivity index (χ0) is 13.8. The number of rotatable bonds is 4. The summed E-state index contributed by atoms with van der Waals surface area (Å²) in [5, 5.41) is 8.65. The fourth-order valence-electron chi connectivity index (χ4n) is 1.51. The molecule has 0 amide bonds. The Bertz CT molecular complexity index is 448. The Labute approximate surface area is 102 Å². The van der Waals surface area contributed by atoms with Crippen LogP contribution in [-0.2, 0) is 6.54 Å². The molecule has 0 spiro atoms. The molecule has 0 atom stereocenters. The third-order valence-corrected chi connectivity index (χ3v) is 2.32. The van der Waals surface area contributed by atoms with Gasteiger partial charge in [0.15, 0.2) is 0 Å². The first kappa shape index (κ1) is 14.5. The molecule has 0 aliphatic heterocycles. The Morgan fingerprint density at radius 2 is 1.94 bits per heavy atom. The Morgan fingerprint density at radius 1 is 1.28 bits per heavy atom. The van der Waals surface area contributed by atoms with Gasteiger partial charge in [0, 0.05) is 13.1 Å². The molecule has 1 aromatic rings. The van der Waals surface area contributed by atoms with Crippen molar-refractivity contribution in [3.63, 3.8) is 0 Å². The van der Waals surface area contributed by atoms with Crippen LogP contribution in [0.5, 0.6) is 0 Å². The van der Waals surface area contributed by atoms with E-state index in [1.165, 1.54) is 24.1 Å². The van der Waals surface area contributed by atoms with E-state index in [4.69, 9.17) is 5.26 Å². The van der Waals surface area contributed by atoms with E-state index in [-0.39, 0.29) is 18.7 Å². The van der Waals surface area contributed by atoms with Gasteiger partial charge in [0.1, 0.15) is 5.82 Å². The zero-order valence-corrected chi connectivity index (χ0v) is 9.76. The van der Waals surface area contributed by atoms with Crippen molar-refractivity contribution in [1.82, 2.24) is 4.90 Å². The van der Waals surface area contributed by atoms with Crippen LogP contribution >= 0.6 is 0 Å². The highest BCUT2D eigenvalue weighted by molar-refractivity contribution is 5.33. The first-order chi connectivity index (χ1) is 8.30. The number of hydrogen-bond acceptors (Lipinski definition) is 2. The largest absolute Gasteiger partial charge is 0.390 e. The molecule has 98 valence electrons. The maximum Gasteiger partial charge on any atom is 0.390 e. The van der Waals surface area contributed by atoms with Gasteiger partial charge in [-0.3, -0.25) is 0 Å². The number of nitrogens with zero attached hydrogens (tertiary/aromatic N) is 2. The summed E-state index contributed by atoms with van der Waals surface area (Å²) in [6.07, 6.45) is -5.11. The summed E-state index contributed by atoms with van der Waals surface area (Å²) < 4.78 is 49.1. The summed E-state index contributed by atoms with van der Waals surface area (Å²) in [5.74, 6) is -0.562. The average molecular weight is 260 g/mol. The van der Waals surface area contributed by atoms with Crippen LogP contribution in [0, 0.1) is 17.1 Å². The van der Waals surface area contributed by atoms with E-state index in [1.54, 1.807) is 6.07 Å². The van der Waals surface area contributed by atoms with Crippen molar-refractivity contribution in [2.24, 2.45) is 0 Å². The molecule has 1 aromatic carbocycles. The molecule has 0 unspecified atom stereocenters. The van der Waals surface area contributed by atoms with Crippen molar-refractivity contribution in [3.05, 3.63) is 35.1 Å². The molecule has 0 aliphatic rings. The maximum absolute atomic E-state index is 13.1.